The fourth-order valence-electron chi connectivity index (χ4n) is 1.22. The molecule has 1 rings (SSSR count). The summed E-state index contributed by atoms with van der Waals surface area (Å²) in [6.07, 6.45) is 3.72. The SMILES string of the molecule is COC(=O)/C=C/[C@H](N)Cc1ccccc1. The zero-order valence-electron chi connectivity index (χ0n) is 8.72. The first kappa shape index (κ1) is 11.5. The van der Waals surface area contributed by atoms with Crippen molar-refractivity contribution in [3.8, 4) is 0 Å². The molecule has 0 aliphatic heterocycles. The van der Waals surface area contributed by atoms with E-state index in [1.807, 2.05) is 30.3 Å². The molecule has 0 saturated heterocycles. The first-order valence-corrected chi connectivity index (χ1v) is 4.78. The Morgan fingerprint density at radius 1 is 1.47 bits per heavy atom. The van der Waals surface area contributed by atoms with E-state index in [1.165, 1.54) is 13.2 Å². The van der Waals surface area contributed by atoms with Crippen LogP contribution in [0.2, 0.25) is 0 Å². The van der Waals surface area contributed by atoms with Crippen LogP contribution in [0.15, 0.2) is 42.5 Å². The summed E-state index contributed by atoms with van der Waals surface area (Å²) < 4.78 is 4.47. The van der Waals surface area contributed by atoms with Gasteiger partial charge in [0.2, 0.25) is 0 Å². The van der Waals surface area contributed by atoms with Crippen molar-refractivity contribution in [3.05, 3.63) is 48.0 Å². The second-order valence-corrected chi connectivity index (χ2v) is 3.24. The van der Waals surface area contributed by atoms with Gasteiger partial charge >= 0.3 is 5.97 Å². The molecular formula is C12H15NO2. The normalized spacial score (nSPS) is 12.7. The highest BCUT2D eigenvalue weighted by Crippen LogP contribution is 2.02. The van der Waals surface area contributed by atoms with Gasteiger partial charge in [0.15, 0.2) is 0 Å². The molecule has 0 unspecified atom stereocenters. The highest BCUT2D eigenvalue weighted by Gasteiger charge is 2.00. The van der Waals surface area contributed by atoms with E-state index in [1.54, 1.807) is 6.08 Å². The van der Waals surface area contributed by atoms with Crippen molar-refractivity contribution >= 4 is 5.97 Å². The maximum atomic E-state index is 10.8. The summed E-state index contributed by atoms with van der Waals surface area (Å²) >= 11 is 0. The van der Waals surface area contributed by atoms with Crippen molar-refractivity contribution in [1.82, 2.24) is 0 Å². The number of esters is 1. The van der Waals surface area contributed by atoms with Crippen molar-refractivity contribution in [3.63, 3.8) is 0 Å². The van der Waals surface area contributed by atoms with Gasteiger partial charge in [-0.1, -0.05) is 36.4 Å². The second-order valence-electron chi connectivity index (χ2n) is 3.24. The Labute approximate surface area is 89.5 Å². The fourth-order valence-corrected chi connectivity index (χ4v) is 1.22. The third-order valence-electron chi connectivity index (χ3n) is 1.99. The Kier molecular flexibility index (Phi) is 4.57. The lowest BCUT2D eigenvalue weighted by Crippen LogP contribution is -2.20. The van der Waals surface area contributed by atoms with Crippen LogP contribution in [0.3, 0.4) is 0 Å². The molecule has 1 atom stereocenters. The number of ether oxygens (including phenoxy) is 1. The van der Waals surface area contributed by atoms with Crippen molar-refractivity contribution in [2.45, 2.75) is 12.5 Å². The predicted octanol–water partition coefficient (Wildman–Crippen LogP) is 1.29. The summed E-state index contributed by atoms with van der Waals surface area (Å²) in [5, 5.41) is 0. The molecule has 0 aromatic heterocycles. The number of hydrogen-bond donors (Lipinski definition) is 1. The minimum Gasteiger partial charge on any atom is -0.466 e. The zero-order valence-corrected chi connectivity index (χ0v) is 8.72. The van der Waals surface area contributed by atoms with E-state index in [0.29, 0.717) is 6.42 Å². The van der Waals surface area contributed by atoms with E-state index >= 15 is 0 Å². The van der Waals surface area contributed by atoms with Crippen molar-refractivity contribution in [2.24, 2.45) is 5.73 Å². The van der Waals surface area contributed by atoms with E-state index < -0.39 is 0 Å². The van der Waals surface area contributed by atoms with Crippen LogP contribution >= 0.6 is 0 Å². The molecule has 2 N–H and O–H groups in total. The summed E-state index contributed by atoms with van der Waals surface area (Å²) in [4.78, 5) is 10.8. The van der Waals surface area contributed by atoms with Crippen molar-refractivity contribution in [2.75, 3.05) is 7.11 Å². The average molecular weight is 205 g/mol. The number of rotatable bonds is 4. The smallest absolute Gasteiger partial charge is 0.330 e. The molecule has 0 saturated carbocycles. The van der Waals surface area contributed by atoms with Gasteiger partial charge in [0, 0.05) is 12.1 Å². The number of carbonyl (C=O) groups is 1. The maximum absolute atomic E-state index is 10.8. The van der Waals surface area contributed by atoms with E-state index in [4.69, 9.17) is 5.73 Å². The van der Waals surface area contributed by atoms with Crippen molar-refractivity contribution in [1.29, 1.82) is 0 Å². The van der Waals surface area contributed by atoms with Gasteiger partial charge in [0.25, 0.3) is 0 Å². The van der Waals surface area contributed by atoms with Gasteiger partial charge in [-0.25, -0.2) is 4.79 Å². The standard InChI is InChI=1S/C12H15NO2/c1-15-12(14)8-7-11(13)9-10-5-3-2-4-6-10/h2-8,11H,9,13H2,1H3/b8-7+/t11-/m0/s1. The van der Waals surface area contributed by atoms with Gasteiger partial charge < -0.3 is 10.5 Å². The molecule has 0 heterocycles. The van der Waals surface area contributed by atoms with Gasteiger partial charge in [0.1, 0.15) is 0 Å². The molecule has 15 heavy (non-hydrogen) atoms. The quantitative estimate of drug-likeness (QED) is 0.595. The monoisotopic (exact) mass is 205 g/mol. The molecule has 1 aromatic carbocycles. The van der Waals surface area contributed by atoms with Crippen LogP contribution in [-0.4, -0.2) is 19.1 Å². The topological polar surface area (TPSA) is 52.3 Å². The van der Waals surface area contributed by atoms with E-state index in [-0.39, 0.29) is 12.0 Å². The molecule has 3 heteroatoms. The number of hydrogen-bond acceptors (Lipinski definition) is 3. The minimum absolute atomic E-state index is 0.161. The van der Waals surface area contributed by atoms with Crippen molar-refractivity contribution < 1.29 is 9.53 Å². The summed E-state index contributed by atoms with van der Waals surface area (Å²) in [7, 11) is 1.34. The Hall–Kier alpha value is -1.61. The highest BCUT2D eigenvalue weighted by molar-refractivity contribution is 5.81. The lowest BCUT2D eigenvalue weighted by atomic mass is 10.1. The maximum Gasteiger partial charge on any atom is 0.330 e. The molecule has 3 nitrogen and oxygen atoms in total. The fraction of sp³-hybridized carbons (Fsp3) is 0.250. The van der Waals surface area contributed by atoms with E-state index in [0.717, 1.165) is 5.56 Å². The molecule has 0 aliphatic carbocycles. The highest BCUT2D eigenvalue weighted by atomic mass is 16.5. The number of benzene rings is 1. The van der Waals surface area contributed by atoms with Crippen LogP contribution in [0, 0.1) is 0 Å². The average Bonchev–Trinajstić information content (AvgIpc) is 2.27. The number of carbonyl (C=O) groups excluding carboxylic acids is 1. The van der Waals surface area contributed by atoms with Gasteiger partial charge in [-0.3, -0.25) is 0 Å². The molecule has 0 radical (unpaired) electrons. The molecule has 1 aromatic rings. The first-order valence-electron chi connectivity index (χ1n) is 4.78. The predicted molar refractivity (Wildman–Crippen MR) is 59.3 cm³/mol. The van der Waals surface area contributed by atoms with E-state index in [9.17, 15) is 4.79 Å². The van der Waals surface area contributed by atoms with Crippen LogP contribution in [0.4, 0.5) is 0 Å². The van der Waals surface area contributed by atoms with Crippen LogP contribution in [0.1, 0.15) is 5.56 Å². The minimum atomic E-state index is -0.376. The summed E-state index contributed by atoms with van der Waals surface area (Å²) in [5.41, 5.74) is 6.97. The van der Waals surface area contributed by atoms with Crippen LogP contribution in [0.25, 0.3) is 0 Å². The molecule has 0 amide bonds. The molecule has 0 aliphatic rings. The lowest BCUT2D eigenvalue weighted by molar-refractivity contribution is -0.134. The molecule has 80 valence electrons. The van der Waals surface area contributed by atoms with Gasteiger partial charge in [-0.2, -0.15) is 0 Å². The van der Waals surface area contributed by atoms with Gasteiger partial charge in [-0.05, 0) is 12.0 Å². The zero-order chi connectivity index (χ0) is 11.1. The molecule has 0 spiro atoms. The largest absolute Gasteiger partial charge is 0.466 e. The van der Waals surface area contributed by atoms with Crippen LogP contribution < -0.4 is 5.73 Å². The molecule has 0 fully saturated rings. The number of methoxy groups -OCH3 is 1. The Morgan fingerprint density at radius 2 is 2.13 bits per heavy atom. The third kappa shape index (κ3) is 4.42. The van der Waals surface area contributed by atoms with Crippen LogP contribution in [-0.2, 0) is 16.0 Å². The Balaban J connectivity index is 2.46. The Bertz CT molecular complexity index is 333. The van der Waals surface area contributed by atoms with E-state index in [2.05, 4.69) is 4.74 Å². The third-order valence-corrected chi connectivity index (χ3v) is 1.99. The summed E-state index contributed by atoms with van der Waals surface area (Å²) in [6, 6.07) is 9.74. The summed E-state index contributed by atoms with van der Waals surface area (Å²) in [5.74, 6) is -0.376. The molecule has 0 bridgehead atoms. The summed E-state index contributed by atoms with van der Waals surface area (Å²) in [6.45, 7) is 0. The first-order chi connectivity index (χ1) is 7.22. The second kappa shape index (κ2) is 5.98. The number of nitrogens with two attached hydrogens (primary N) is 1. The lowest BCUT2D eigenvalue weighted by Gasteiger charge is -2.05. The van der Waals surface area contributed by atoms with Crippen LogP contribution in [0.5, 0.6) is 0 Å². The van der Waals surface area contributed by atoms with Gasteiger partial charge in [-0.15, -0.1) is 0 Å². The molecular weight excluding hydrogens is 190 g/mol. The Morgan fingerprint density at radius 3 is 2.73 bits per heavy atom. The van der Waals surface area contributed by atoms with Gasteiger partial charge in [0.05, 0.1) is 7.11 Å².